The predicted octanol–water partition coefficient (Wildman–Crippen LogP) is 2.70. The van der Waals surface area contributed by atoms with E-state index in [9.17, 15) is 18.0 Å². The van der Waals surface area contributed by atoms with Crippen LogP contribution in [0.1, 0.15) is 25.0 Å². The molecule has 0 unspecified atom stereocenters. The number of fused-ring (bicyclic) bond motifs is 1. The average Bonchev–Trinajstić information content (AvgIpc) is 3.62. The normalized spacial score (nSPS) is 14.5. The van der Waals surface area contributed by atoms with Gasteiger partial charge in [-0.15, -0.1) is 0 Å². The summed E-state index contributed by atoms with van der Waals surface area (Å²) >= 11 is 0. The highest BCUT2D eigenvalue weighted by Crippen LogP contribution is 2.24. The number of oxazole rings is 1. The van der Waals surface area contributed by atoms with Crippen molar-refractivity contribution in [2.45, 2.75) is 37.3 Å². The minimum absolute atomic E-state index is 0.0113. The maximum absolute atomic E-state index is 12.8. The van der Waals surface area contributed by atoms with Gasteiger partial charge in [0.15, 0.2) is 5.58 Å². The van der Waals surface area contributed by atoms with E-state index in [1.807, 2.05) is 30.3 Å². The van der Waals surface area contributed by atoms with Crippen LogP contribution >= 0.6 is 0 Å². The Labute approximate surface area is 201 Å². The van der Waals surface area contributed by atoms with Crippen LogP contribution in [0.4, 0.5) is 0 Å². The molecule has 2 aromatic heterocycles. The molecule has 0 spiro atoms. The summed E-state index contributed by atoms with van der Waals surface area (Å²) in [5.41, 5.74) is 2.08. The van der Waals surface area contributed by atoms with Crippen molar-refractivity contribution in [3.8, 4) is 5.69 Å². The zero-order valence-electron chi connectivity index (χ0n) is 18.9. The van der Waals surface area contributed by atoms with Gasteiger partial charge in [0.05, 0.1) is 22.5 Å². The van der Waals surface area contributed by atoms with Gasteiger partial charge in [0.1, 0.15) is 12.3 Å². The monoisotopic (exact) mass is 496 g/mol. The number of para-hydroxylation sites is 1. The van der Waals surface area contributed by atoms with Crippen molar-refractivity contribution in [1.29, 1.82) is 0 Å². The lowest BCUT2D eigenvalue weighted by molar-refractivity contribution is -0.145. The summed E-state index contributed by atoms with van der Waals surface area (Å²) < 4.78 is 40.6. The van der Waals surface area contributed by atoms with E-state index >= 15 is 0 Å². The van der Waals surface area contributed by atoms with Gasteiger partial charge in [0.2, 0.25) is 10.0 Å². The van der Waals surface area contributed by atoms with Gasteiger partial charge in [-0.3, -0.25) is 9.36 Å². The van der Waals surface area contributed by atoms with E-state index in [2.05, 4.69) is 5.10 Å². The molecular formula is C24H24N4O6S. The molecule has 5 rings (SSSR count). The highest BCUT2D eigenvalue weighted by molar-refractivity contribution is 7.89. The minimum atomic E-state index is -3.63. The van der Waals surface area contributed by atoms with E-state index in [0.717, 1.165) is 18.5 Å². The number of hydrogen-bond acceptors (Lipinski definition) is 7. The topological polar surface area (TPSA) is 117 Å². The number of aromatic nitrogens is 3. The first-order valence-electron chi connectivity index (χ1n) is 11.3. The number of ether oxygens (including phenoxy) is 1. The fourth-order valence-corrected chi connectivity index (χ4v) is 5.62. The third-order valence-electron chi connectivity index (χ3n) is 5.93. The summed E-state index contributed by atoms with van der Waals surface area (Å²) in [4.78, 5) is 24.7. The number of carbonyl (C=O) groups excluding carboxylic acids is 1. The Morgan fingerprint density at radius 2 is 1.83 bits per heavy atom. The number of aryl methyl sites for hydroxylation is 1. The number of carbonyl (C=O) groups is 1. The molecule has 11 heteroatoms. The van der Waals surface area contributed by atoms with Crippen LogP contribution in [0.5, 0.6) is 0 Å². The quantitative estimate of drug-likeness (QED) is 0.344. The maximum atomic E-state index is 12.8. The molecule has 0 amide bonds. The molecule has 1 saturated heterocycles. The van der Waals surface area contributed by atoms with Crippen molar-refractivity contribution in [3.05, 3.63) is 77.0 Å². The molecule has 0 atom stereocenters. The lowest BCUT2D eigenvalue weighted by Crippen LogP contribution is -2.27. The Morgan fingerprint density at radius 1 is 1.06 bits per heavy atom. The van der Waals surface area contributed by atoms with Crippen LogP contribution in [-0.2, 0) is 32.7 Å². The molecule has 2 aromatic carbocycles. The number of hydrogen-bond donors (Lipinski definition) is 0. The first-order chi connectivity index (χ1) is 16.9. The highest BCUT2D eigenvalue weighted by Gasteiger charge is 2.28. The van der Waals surface area contributed by atoms with Gasteiger partial charge in [-0.05, 0) is 43.2 Å². The number of esters is 1. The van der Waals surface area contributed by atoms with Crippen molar-refractivity contribution in [2.24, 2.45) is 0 Å². The van der Waals surface area contributed by atoms with Gasteiger partial charge in [0, 0.05) is 31.9 Å². The molecule has 182 valence electrons. The third-order valence-corrected chi connectivity index (χ3v) is 7.82. The first-order valence-corrected chi connectivity index (χ1v) is 12.7. The van der Waals surface area contributed by atoms with E-state index in [1.165, 1.54) is 27.1 Å². The summed E-state index contributed by atoms with van der Waals surface area (Å²) in [6, 6.07) is 15.7. The Hall–Kier alpha value is -3.70. The SMILES string of the molecule is O=C(CCn1c(=O)oc2cc(S(=O)(=O)N3CCCC3)ccc21)OCc1ccn(-c2ccccc2)n1. The summed E-state index contributed by atoms with van der Waals surface area (Å²) in [5.74, 6) is -1.15. The van der Waals surface area contributed by atoms with Crippen LogP contribution in [0.3, 0.4) is 0 Å². The van der Waals surface area contributed by atoms with Crippen LogP contribution in [0, 0.1) is 0 Å². The Bertz CT molecular complexity index is 1510. The van der Waals surface area contributed by atoms with E-state index in [4.69, 9.17) is 9.15 Å². The average molecular weight is 497 g/mol. The van der Waals surface area contributed by atoms with E-state index < -0.39 is 21.7 Å². The number of benzene rings is 2. The fourth-order valence-electron chi connectivity index (χ4n) is 4.09. The number of sulfonamides is 1. The highest BCUT2D eigenvalue weighted by atomic mass is 32.2. The molecule has 0 radical (unpaired) electrons. The molecule has 0 N–H and O–H groups in total. The molecular weight excluding hydrogens is 472 g/mol. The predicted molar refractivity (Wildman–Crippen MR) is 126 cm³/mol. The largest absolute Gasteiger partial charge is 0.459 e. The molecule has 0 saturated carbocycles. The standard InChI is InChI=1S/C24H24N4O6S/c29-23(33-17-18-10-15-28(25-18)19-6-2-1-3-7-19)11-14-27-21-9-8-20(16-22(21)34-24(27)30)35(31,32)26-12-4-5-13-26/h1-3,6-10,15-16H,4-5,11-14,17H2. The molecule has 1 aliphatic heterocycles. The Balaban J connectivity index is 1.22. The van der Waals surface area contributed by atoms with Crippen LogP contribution in [0.15, 0.2) is 74.9 Å². The van der Waals surface area contributed by atoms with Gasteiger partial charge >= 0.3 is 11.7 Å². The third kappa shape index (κ3) is 4.77. The van der Waals surface area contributed by atoms with E-state index in [-0.39, 0.29) is 30.1 Å². The van der Waals surface area contributed by atoms with Crippen LogP contribution in [-0.4, -0.2) is 46.1 Å². The Kier molecular flexibility index (Phi) is 6.27. The van der Waals surface area contributed by atoms with Crippen molar-refractivity contribution in [1.82, 2.24) is 18.7 Å². The Morgan fingerprint density at radius 3 is 2.60 bits per heavy atom. The first kappa shape index (κ1) is 23.1. The summed E-state index contributed by atoms with van der Waals surface area (Å²) in [6.07, 6.45) is 3.39. The number of nitrogens with zero attached hydrogens (tertiary/aromatic N) is 4. The zero-order chi connectivity index (χ0) is 24.4. The smallest absolute Gasteiger partial charge is 0.419 e. The second kappa shape index (κ2) is 9.51. The molecule has 0 bridgehead atoms. The fraction of sp³-hybridized carbons (Fsp3) is 0.292. The molecule has 35 heavy (non-hydrogen) atoms. The van der Waals surface area contributed by atoms with Gasteiger partial charge in [-0.25, -0.2) is 17.9 Å². The van der Waals surface area contributed by atoms with Crippen molar-refractivity contribution in [3.63, 3.8) is 0 Å². The lowest BCUT2D eigenvalue weighted by atomic mass is 10.3. The minimum Gasteiger partial charge on any atom is -0.459 e. The number of rotatable bonds is 8. The summed E-state index contributed by atoms with van der Waals surface area (Å²) in [5, 5.41) is 4.39. The summed E-state index contributed by atoms with van der Waals surface area (Å²) in [7, 11) is -3.63. The van der Waals surface area contributed by atoms with Gasteiger partial charge < -0.3 is 9.15 Å². The molecule has 1 aliphatic rings. The van der Waals surface area contributed by atoms with Crippen molar-refractivity contribution < 1.29 is 22.4 Å². The zero-order valence-corrected chi connectivity index (χ0v) is 19.7. The van der Waals surface area contributed by atoms with Gasteiger partial charge in [0.25, 0.3) is 0 Å². The molecule has 0 aliphatic carbocycles. The lowest BCUT2D eigenvalue weighted by Gasteiger charge is -2.15. The van der Waals surface area contributed by atoms with Crippen molar-refractivity contribution >= 4 is 27.1 Å². The van der Waals surface area contributed by atoms with E-state index in [1.54, 1.807) is 16.9 Å². The van der Waals surface area contributed by atoms with E-state index in [0.29, 0.717) is 24.3 Å². The summed E-state index contributed by atoms with van der Waals surface area (Å²) in [6.45, 7) is 1.03. The second-order valence-corrected chi connectivity index (χ2v) is 10.2. The van der Waals surface area contributed by atoms with Crippen LogP contribution in [0.2, 0.25) is 0 Å². The molecule has 10 nitrogen and oxygen atoms in total. The second-order valence-electron chi connectivity index (χ2n) is 8.26. The molecule has 3 heterocycles. The van der Waals surface area contributed by atoms with Crippen molar-refractivity contribution in [2.75, 3.05) is 13.1 Å². The van der Waals surface area contributed by atoms with Crippen LogP contribution < -0.4 is 5.76 Å². The molecule has 1 fully saturated rings. The van der Waals surface area contributed by atoms with Gasteiger partial charge in [-0.1, -0.05) is 18.2 Å². The van der Waals surface area contributed by atoms with Gasteiger partial charge in [-0.2, -0.15) is 9.40 Å². The maximum Gasteiger partial charge on any atom is 0.419 e. The molecule has 4 aromatic rings. The van der Waals surface area contributed by atoms with Crippen LogP contribution in [0.25, 0.3) is 16.8 Å².